The van der Waals surface area contributed by atoms with Crippen molar-refractivity contribution in [3.8, 4) is 0 Å². The number of nitrogens with one attached hydrogen (secondary N) is 2. The lowest BCUT2D eigenvalue weighted by Crippen LogP contribution is -2.59. The summed E-state index contributed by atoms with van der Waals surface area (Å²) in [5.41, 5.74) is 0.835. The number of anilines is 1. The minimum absolute atomic E-state index is 0.107. The number of fused-ring (bicyclic) bond motifs is 3. The quantitative estimate of drug-likeness (QED) is 0.756. The Balaban J connectivity index is 1.24. The molecule has 0 radical (unpaired) electrons. The molecule has 2 amide bonds. The van der Waals surface area contributed by atoms with Crippen molar-refractivity contribution in [3.05, 3.63) is 30.3 Å². The number of hydrogen-bond donors (Lipinski definition) is 2. The van der Waals surface area contributed by atoms with Crippen LogP contribution in [0, 0.1) is 11.8 Å². The molecule has 4 aliphatic rings. The Morgan fingerprint density at radius 2 is 2.04 bits per heavy atom. The third-order valence-corrected chi connectivity index (χ3v) is 6.87. The number of para-hydroxylation sites is 1. The number of hydrogen-bond acceptors (Lipinski definition) is 4. The van der Waals surface area contributed by atoms with Crippen LogP contribution in [0.3, 0.4) is 0 Å². The topological polar surface area (TPSA) is 56.8 Å². The molecule has 5 atom stereocenters. The van der Waals surface area contributed by atoms with Crippen molar-refractivity contribution in [1.82, 2.24) is 15.1 Å². The number of benzene rings is 1. The SMILES string of the molecule is COCC1CCCN1CC1CN2CCC1CC2CNC(=O)Nc1ccccc1. The number of ether oxygens (including phenoxy) is 1. The average Bonchev–Trinajstić information content (AvgIpc) is 3.15. The molecule has 4 aliphatic heterocycles. The van der Waals surface area contributed by atoms with E-state index in [1.54, 1.807) is 0 Å². The van der Waals surface area contributed by atoms with Gasteiger partial charge in [0.25, 0.3) is 0 Å². The third kappa shape index (κ3) is 4.67. The fraction of sp³-hybridized carbons (Fsp3) is 0.682. The maximum atomic E-state index is 12.2. The summed E-state index contributed by atoms with van der Waals surface area (Å²) in [6.45, 7) is 6.39. The second-order valence-electron chi connectivity index (χ2n) is 8.64. The van der Waals surface area contributed by atoms with Gasteiger partial charge in [-0.15, -0.1) is 0 Å². The van der Waals surface area contributed by atoms with E-state index in [9.17, 15) is 4.79 Å². The summed E-state index contributed by atoms with van der Waals surface area (Å²) in [4.78, 5) is 17.5. The molecule has 1 aromatic carbocycles. The van der Waals surface area contributed by atoms with Gasteiger partial charge in [-0.25, -0.2) is 4.79 Å². The van der Waals surface area contributed by atoms with E-state index in [-0.39, 0.29) is 6.03 Å². The zero-order chi connectivity index (χ0) is 19.3. The summed E-state index contributed by atoms with van der Waals surface area (Å²) in [7, 11) is 1.82. The van der Waals surface area contributed by atoms with Crippen LogP contribution in [0.25, 0.3) is 0 Å². The zero-order valence-corrected chi connectivity index (χ0v) is 17.0. The molecule has 6 nitrogen and oxygen atoms in total. The van der Waals surface area contributed by atoms with Gasteiger partial charge in [0.2, 0.25) is 0 Å². The fourth-order valence-corrected chi connectivity index (χ4v) is 5.39. The highest BCUT2D eigenvalue weighted by molar-refractivity contribution is 5.89. The Morgan fingerprint density at radius 1 is 1.18 bits per heavy atom. The van der Waals surface area contributed by atoms with E-state index in [1.165, 1.54) is 51.9 Å². The number of urea groups is 1. The molecule has 0 aromatic heterocycles. The van der Waals surface area contributed by atoms with Gasteiger partial charge < -0.3 is 15.4 Å². The molecule has 28 heavy (non-hydrogen) atoms. The molecule has 6 heteroatoms. The van der Waals surface area contributed by atoms with E-state index in [0.29, 0.717) is 12.1 Å². The van der Waals surface area contributed by atoms with Gasteiger partial charge in [-0.05, 0) is 62.7 Å². The third-order valence-electron chi connectivity index (χ3n) is 6.87. The first kappa shape index (κ1) is 19.7. The predicted molar refractivity (Wildman–Crippen MR) is 112 cm³/mol. The van der Waals surface area contributed by atoms with Crippen molar-refractivity contribution in [2.24, 2.45) is 11.8 Å². The molecule has 0 aliphatic carbocycles. The predicted octanol–water partition coefficient (Wildman–Crippen LogP) is 2.63. The highest BCUT2D eigenvalue weighted by Gasteiger charge is 2.41. The van der Waals surface area contributed by atoms with Crippen LogP contribution >= 0.6 is 0 Å². The molecule has 4 fully saturated rings. The highest BCUT2D eigenvalue weighted by Crippen LogP contribution is 2.37. The number of carbonyl (C=O) groups is 1. The number of carbonyl (C=O) groups excluding carboxylic acids is 1. The van der Waals surface area contributed by atoms with E-state index < -0.39 is 0 Å². The maximum Gasteiger partial charge on any atom is 0.319 e. The van der Waals surface area contributed by atoms with Gasteiger partial charge in [0.05, 0.1) is 6.61 Å². The lowest BCUT2D eigenvalue weighted by Gasteiger charge is -2.51. The van der Waals surface area contributed by atoms with E-state index in [1.807, 2.05) is 37.4 Å². The fourth-order valence-electron chi connectivity index (χ4n) is 5.39. The Morgan fingerprint density at radius 3 is 2.79 bits per heavy atom. The number of nitrogens with zero attached hydrogens (tertiary/aromatic N) is 2. The summed E-state index contributed by atoms with van der Waals surface area (Å²) < 4.78 is 5.42. The van der Waals surface area contributed by atoms with Gasteiger partial charge in [0, 0.05) is 44.5 Å². The van der Waals surface area contributed by atoms with Crippen LogP contribution in [-0.4, -0.2) is 74.4 Å². The van der Waals surface area contributed by atoms with Crippen molar-refractivity contribution >= 4 is 11.7 Å². The normalized spacial score (nSPS) is 32.4. The van der Waals surface area contributed by atoms with Gasteiger partial charge >= 0.3 is 6.03 Å². The number of likely N-dealkylation sites (tertiary alicyclic amines) is 1. The molecule has 5 rings (SSSR count). The first-order valence-electron chi connectivity index (χ1n) is 10.8. The standard InChI is InChI=1S/C22H34N4O2/c1-28-16-20-8-5-10-25(20)14-18-15-26-11-9-17(18)12-21(26)13-23-22(27)24-19-6-3-2-4-7-19/h2-4,6-7,17-18,20-21H,5,8-16H2,1H3,(H2,23,24,27). The molecule has 5 unspecified atom stereocenters. The first-order chi connectivity index (χ1) is 13.7. The van der Waals surface area contributed by atoms with Crippen molar-refractivity contribution in [1.29, 1.82) is 0 Å². The van der Waals surface area contributed by atoms with E-state index in [0.717, 1.165) is 30.7 Å². The van der Waals surface area contributed by atoms with Crippen LogP contribution in [0.15, 0.2) is 30.3 Å². The second kappa shape index (κ2) is 9.25. The van der Waals surface area contributed by atoms with Gasteiger partial charge in [0.1, 0.15) is 0 Å². The van der Waals surface area contributed by atoms with Crippen LogP contribution < -0.4 is 10.6 Å². The Labute approximate surface area is 168 Å². The molecular formula is C22H34N4O2. The summed E-state index contributed by atoms with van der Waals surface area (Å²) >= 11 is 0. The monoisotopic (exact) mass is 386 g/mol. The average molecular weight is 387 g/mol. The summed E-state index contributed by atoms with van der Waals surface area (Å²) in [6, 6.07) is 10.6. The molecule has 4 heterocycles. The van der Waals surface area contributed by atoms with Crippen molar-refractivity contribution in [3.63, 3.8) is 0 Å². The lowest BCUT2D eigenvalue weighted by atomic mass is 9.75. The van der Waals surface area contributed by atoms with Crippen LogP contribution in [0.1, 0.15) is 25.7 Å². The summed E-state index contributed by atoms with van der Waals surface area (Å²) in [5, 5.41) is 5.99. The molecule has 0 spiro atoms. The Hall–Kier alpha value is -1.63. The smallest absolute Gasteiger partial charge is 0.319 e. The maximum absolute atomic E-state index is 12.2. The van der Waals surface area contributed by atoms with Crippen LogP contribution in [0.5, 0.6) is 0 Å². The van der Waals surface area contributed by atoms with Crippen molar-refractivity contribution < 1.29 is 9.53 Å². The second-order valence-corrected chi connectivity index (χ2v) is 8.64. The Kier molecular flexibility index (Phi) is 6.50. The minimum atomic E-state index is -0.107. The van der Waals surface area contributed by atoms with Gasteiger partial charge in [-0.2, -0.15) is 0 Å². The lowest BCUT2D eigenvalue weighted by molar-refractivity contribution is -0.0162. The molecule has 1 aromatic rings. The number of piperidine rings is 3. The van der Waals surface area contributed by atoms with E-state index >= 15 is 0 Å². The van der Waals surface area contributed by atoms with E-state index in [2.05, 4.69) is 20.4 Å². The number of rotatable bonds is 7. The largest absolute Gasteiger partial charge is 0.383 e. The van der Waals surface area contributed by atoms with Crippen LogP contribution in [-0.2, 0) is 4.74 Å². The first-order valence-corrected chi connectivity index (χ1v) is 10.8. The number of amides is 2. The van der Waals surface area contributed by atoms with Gasteiger partial charge in [-0.3, -0.25) is 9.80 Å². The summed E-state index contributed by atoms with van der Waals surface area (Å²) in [6.07, 6.45) is 5.09. The van der Waals surface area contributed by atoms with Crippen LogP contribution in [0.2, 0.25) is 0 Å². The van der Waals surface area contributed by atoms with Crippen molar-refractivity contribution in [2.75, 3.05) is 51.8 Å². The molecule has 2 bridgehead atoms. The van der Waals surface area contributed by atoms with Crippen molar-refractivity contribution in [2.45, 2.75) is 37.8 Å². The van der Waals surface area contributed by atoms with Gasteiger partial charge in [0.15, 0.2) is 0 Å². The molecule has 4 saturated heterocycles. The Bertz CT molecular complexity index is 641. The van der Waals surface area contributed by atoms with Crippen LogP contribution in [0.4, 0.5) is 10.5 Å². The highest BCUT2D eigenvalue weighted by atomic mass is 16.5. The van der Waals surface area contributed by atoms with Gasteiger partial charge in [-0.1, -0.05) is 18.2 Å². The summed E-state index contributed by atoms with van der Waals surface area (Å²) in [5.74, 6) is 1.55. The molecular weight excluding hydrogens is 352 g/mol. The zero-order valence-electron chi connectivity index (χ0n) is 17.0. The number of methoxy groups -OCH3 is 1. The van der Waals surface area contributed by atoms with E-state index in [4.69, 9.17) is 4.74 Å². The molecule has 2 N–H and O–H groups in total. The molecule has 0 saturated carbocycles. The molecule has 154 valence electrons. The minimum Gasteiger partial charge on any atom is -0.383 e.